The molecule has 0 aromatic heterocycles. The van der Waals surface area contributed by atoms with Crippen LogP contribution in [0, 0.1) is 0 Å². The number of nitrogens with one attached hydrogen (secondary N) is 1. The Morgan fingerprint density at radius 1 is 1.00 bits per heavy atom. The number of aliphatic hydroxyl groups is 1. The van der Waals surface area contributed by atoms with E-state index in [9.17, 15) is 18.7 Å². The number of ether oxygens (including phenoxy) is 3. The fourth-order valence-electron chi connectivity index (χ4n) is 5.50. The largest absolute Gasteiger partial charge is 0.497 e. The predicted octanol–water partition coefficient (Wildman–Crippen LogP) is 5.88. The molecule has 4 aromatic carbocycles. The summed E-state index contributed by atoms with van der Waals surface area (Å²) in [4.78, 5) is 22.5. The molecule has 4 aromatic rings. The van der Waals surface area contributed by atoms with E-state index >= 15 is 0 Å². The van der Waals surface area contributed by atoms with Crippen molar-refractivity contribution in [1.29, 1.82) is 0 Å². The minimum atomic E-state index is -3.85. The van der Waals surface area contributed by atoms with E-state index in [1.54, 1.807) is 73.8 Å². The first-order valence-electron chi connectivity index (χ1n) is 15.7. The molecule has 13 heteroatoms. The lowest BCUT2D eigenvalue weighted by atomic mass is 9.84. The fourth-order valence-corrected chi connectivity index (χ4v) is 6.88. The first kappa shape index (κ1) is 35.0. The van der Waals surface area contributed by atoms with E-state index in [1.165, 1.54) is 12.1 Å². The summed E-state index contributed by atoms with van der Waals surface area (Å²) >= 11 is 0. The standard InChI is InChI=1S/C36H37N5O7S/c1-46-28-16-12-26(13-17-28)20-22-38-35(43)36(21-25-49(44,45)30-8-3-2-4-9-30)33(31-10-5-6-11-32(31)40-41-37)48-34(39-36)27-14-18-29(19-15-27)47-24-7-23-42/h2-6,8-19,33,42H,7,20-25H2,1H3,(H,38,43)/t33-,36-/m1/s1. The lowest BCUT2D eigenvalue weighted by molar-refractivity contribution is -0.129. The molecule has 0 saturated heterocycles. The normalized spacial score (nSPS) is 16.9. The summed E-state index contributed by atoms with van der Waals surface area (Å²) in [5.41, 5.74) is 9.67. The van der Waals surface area contributed by atoms with Gasteiger partial charge in [0.05, 0.1) is 24.4 Å². The number of amides is 1. The van der Waals surface area contributed by atoms with E-state index in [-0.39, 0.29) is 36.1 Å². The number of azide groups is 1. The lowest BCUT2D eigenvalue weighted by Crippen LogP contribution is -2.49. The first-order valence-corrected chi connectivity index (χ1v) is 17.4. The van der Waals surface area contributed by atoms with Crippen molar-refractivity contribution in [2.75, 3.05) is 32.6 Å². The molecule has 2 atom stereocenters. The Bertz CT molecular complexity index is 1910. The number of sulfone groups is 1. The van der Waals surface area contributed by atoms with Crippen molar-refractivity contribution < 1.29 is 32.5 Å². The molecule has 0 fully saturated rings. The molecular formula is C36H37N5O7S. The van der Waals surface area contributed by atoms with E-state index in [2.05, 4.69) is 15.3 Å². The maximum absolute atomic E-state index is 14.5. The number of hydrogen-bond acceptors (Lipinski definition) is 9. The summed E-state index contributed by atoms with van der Waals surface area (Å²) in [5.74, 6) is 0.440. The highest BCUT2D eigenvalue weighted by atomic mass is 32.2. The van der Waals surface area contributed by atoms with E-state index in [4.69, 9.17) is 24.3 Å². The molecule has 1 amide bonds. The van der Waals surface area contributed by atoms with Crippen molar-refractivity contribution in [2.45, 2.75) is 35.8 Å². The molecule has 0 aliphatic carbocycles. The maximum atomic E-state index is 14.5. The van der Waals surface area contributed by atoms with Gasteiger partial charge in [-0.3, -0.25) is 4.79 Å². The highest BCUT2D eigenvalue weighted by molar-refractivity contribution is 7.91. The minimum Gasteiger partial charge on any atom is -0.497 e. The molecule has 0 saturated carbocycles. The van der Waals surface area contributed by atoms with E-state index < -0.39 is 33.1 Å². The zero-order valence-electron chi connectivity index (χ0n) is 26.9. The molecule has 49 heavy (non-hydrogen) atoms. The van der Waals surface area contributed by atoms with Crippen LogP contribution >= 0.6 is 0 Å². The average Bonchev–Trinajstić information content (AvgIpc) is 3.53. The van der Waals surface area contributed by atoms with Crippen LogP contribution in [0.3, 0.4) is 0 Å². The third-order valence-electron chi connectivity index (χ3n) is 8.11. The molecule has 254 valence electrons. The van der Waals surface area contributed by atoms with Gasteiger partial charge in [0.25, 0.3) is 5.91 Å². The number of hydrogen-bond donors (Lipinski definition) is 2. The van der Waals surface area contributed by atoms with Crippen LogP contribution in [0.2, 0.25) is 0 Å². The van der Waals surface area contributed by atoms with Crippen molar-refractivity contribution in [1.82, 2.24) is 5.32 Å². The summed E-state index contributed by atoms with van der Waals surface area (Å²) in [7, 11) is -2.26. The number of benzene rings is 4. The molecule has 0 unspecified atom stereocenters. The second kappa shape index (κ2) is 16.2. The van der Waals surface area contributed by atoms with E-state index in [0.29, 0.717) is 42.1 Å². The Labute approximate surface area is 284 Å². The molecule has 1 heterocycles. The third-order valence-corrected chi connectivity index (χ3v) is 9.85. The zero-order chi connectivity index (χ0) is 34.7. The Kier molecular flexibility index (Phi) is 11.5. The average molecular weight is 684 g/mol. The van der Waals surface area contributed by atoms with Crippen molar-refractivity contribution in [3.63, 3.8) is 0 Å². The third kappa shape index (κ3) is 8.39. The Balaban J connectivity index is 1.55. The van der Waals surface area contributed by atoms with Gasteiger partial charge in [0.15, 0.2) is 21.5 Å². The second-order valence-electron chi connectivity index (χ2n) is 11.3. The molecule has 2 N–H and O–H groups in total. The van der Waals surface area contributed by atoms with Crippen LogP contribution in [-0.2, 0) is 25.8 Å². The number of rotatable bonds is 16. The molecule has 0 spiro atoms. The van der Waals surface area contributed by atoms with Crippen molar-refractivity contribution in [3.8, 4) is 11.5 Å². The van der Waals surface area contributed by atoms with Gasteiger partial charge in [-0.05, 0) is 66.0 Å². The van der Waals surface area contributed by atoms with Gasteiger partial charge in [0.1, 0.15) is 11.5 Å². The number of methoxy groups -OCH3 is 1. The summed E-state index contributed by atoms with van der Waals surface area (Å²) in [6.07, 6.45) is -0.411. The summed E-state index contributed by atoms with van der Waals surface area (Å²) in [5, 5.41) is 15.9. The molecule has 1 aliphatic rings. The van der Waals surface area contributed by atoms with Gasteiger partial charge in [-0.25, -0.2) is 13.4 Å². The monoisotopic (exact) mass is 683 g/mol. The molecule has 5 rings (SSSR count). The smallest absolute Gasteiger partial charge is 0.252 e. The maximum Gasteiger partial charge on any atom is 0.252 e. The van der Waals surface area contributed by atoms with Crippen molar-refractivity contribution >= 4 is 27.3 Å². The van der Waals surface area contributed by atoms with Crippen LogP contribution in [0.5, 0.6) is 11.5 Å². The first-order chi connectivity index (χ1) is 23.8. The quantitative estimate of drug-likeness (QED) is 0.0642. The van der Waals surface area contributed by atoms with Crippen LogP contribution in [0.15, 0.2) is 118 Å². The molecular weight excluding hydrogens is 646 g/mol. The van der Waals surface area contributed by atoms with Gasteiger partial charge in [0.2, 0.25) is 5.90 Å². The van der Waals surface area contributed by atoms with Crippen molar-refractivity contribution in [3.05, 3.63) is 130 Å². The van der Waals surface area contributed by atoms with E-state index in [0.717, 1.165) is 5.56 Å². The van der Waals surface area contributed by atoms with Crippen LogP contribution < -0.4 is 14.8 Å². The highest BCUT2D eigenvalue weighted by Crippen LogP contribution is 2.46. The fraction of sp³-hybridized carbons (Fsp3) is 0.278. The van der Waals surface area contributed by atoms with Gasteiger partial charge in [-0.2, -0.15) is 0 Å². The zero-order valence-corrected chi connectivity index (χ0v) is 27.8. The van der Waals surface area contributed by atoms with Crippen molar-refractivity contribution in [2.24, 2.45) is 10.1 Å². The van der Waals surface area contributed by atoms with E-state index in [1.807, 2.05) is 24.3 Å². The summed E-state index contributed by atoms with van der Waals surface area (Å²) < 4.78 is 44.6. The SMILES string of the molecule is COc1ccc(CCNC(=O)[C@]2(CCS(=O)(=O)c3ccccc3)N=C(c3ccc(OCCCO)cc3)O[C@@H]2c2ccccc2N=[N+]=[N-])cc1. The second-order valence-corrected chi connectivity index (χ2v) is 13.4. The van der Waals surface area contributed by atoms with Crippen LogP contribution in [0.1, 0.15) is 35.6 Å². The highest BCUT2D eigenvalue weighted by Gasteiger charge is 2.54. The molecule has 0 bridgehead atoms. The van der Waals surface area contributed by atoms with Crippen LogP contribution in [0.4, 0.5) is 5.69 Å². The molecule has 12 nitrogen and oxygen atoms in total. The number of nitrogens with zero attached hydrogens (tertiary/aromatic N) is 4. The number of carbonyl (C=O) groups is 1. The minimum absolute atomic E-state index is 0.00563. The summed E-state index contributed by atoms with van der Waals surface area (Å²) in [6.45, 7) is 0.570. The number of carbonyl (C=O) groups excluding carboxylic acids is 1. The Morgan fingerprint density at radius 3 is 2.39 bits per heavy atom. The predicted molar refractivity (Wildman–Crippen MR) is 185 cm³/mol. The van der Waals surface area contributed by atoms with Gasteiger partial charge in [-0.15, -0.1) is 0 Å². The number of aliphatic imine (C=N–C) groups is 1. The van der Waals surface area contributed by atoms with Gasteiger partial charge in [0, 0.05) is 47.7 Å². The Morgan fingerprint density at radius 2 is 1.69 bits per heavy atom. The topological polar surface area (TPSA) is 172 Å². The van der Waals surface area contributed by atoms with Crippen LogP contribution in [0.25, 0.3) is 10.4 Å². The van der Waals surface area contributed by atoms with Gasteiger partial charge >= 0.3 is 0 Å². The number of aliphatic hydroxyl groups excluding tert-OH is 1. The Hall–Kier alpha value is -5.36. The van der Waals surface area contributed by atoms with Crippen LogP contribution in [-0.4, -0.2) is 63.5 Å². The lowest BCUT2D eigenvalue weighted by Gasteiger charge is -2.31. The molecule has 0 radical (unpaired) electrons. The summed E-state index contributed by atoms with van der Waals surface area (Å²) in [6, 6.07) is 29.1. The molecule has 1 aliphatic heterocycles. The van der Waals surface area contributed by atoms with Gasteiger partial charge < -0.3 is 24.6 Å². The van der Waals surface area contributed by atoms with Gasteiger partial charge in [-0.1, -0.05) is 59.7 Å².